The Balaban J connectivity index is 1.93. The van der Waals surface area contributed by atoms with Crippen LogP contribution in [-0.4, -0.2) is 22.2 Å². The maximum Gasteiger partial charge on any atom is 0.315 e. The van der Waals surface area contributed by atoms with Gasteiger partial charge in [0.25, 0.3) is 0 Å². The van der Waals surface area contributed by atoms with E-state index in [1.807, 2.05) is 26.3 Å². The first kappa shape index (κ1) is 12.0. The maximum atomic E-state index is 5.45. The Morgan fingerprint density at radius 1 is 1.47 bits per heavy atom. The molecule has 92 valence electrons. The van der Waals surface area contributed by atoms with E-state index in [1.54, 1.807) is 11.3 Å². The molecule has 17 heavy (non-hydrogen) atoms. The molecule has 2 heterocycles. The minimum Gasteiger partial charge on any atom is -0.406 e. The fourth-order valence-electron chi connectivity index (χ4n) is 1.24. The second-order valence-electron chi connectivity index (χ2n) is 3.69. The second kappa shape index (κ2) is 5.24. The van der Waals surface area contributed by atoms with Crippen LogP contribution in [0.5, 0.6) is 0 Å². The van der Waals surface area contributed by atoms with E-state index in [2.05, 4.69) is 25.8 Å². The average Bonchev–Trinajstić information content (AvgIpc) is 2.94. The van der Waals surface area contributed by atoms with Crippen LogP contribution in [0.2, 0.25) is 0 Å². The summed E-state index contributed by atoms with van der Waals surface area (Å²) < 4.78 is 5.45. The Bertz CT molecular complexity index is 481. The van der Waals surface area contributed by atoms with Crippen LogP contribution in [0.25, 0.3) is 0 Å². The number of hydrogen-bond acceptors (Lipinski definition) is 7. The number of nitrogens with one attached hydrogen (secondary N) is 2. The maximum absolute atomic E-state index is 5.45. The van der Waals surface area contributed by atoms with E-state index in [4.69, 9.17) is 4.42 Å². The lowest BCUT2D eigenvalue weighted by molar-refractivity contribution is 0.441. The van der Waals surface area contributed by atoms with Gasteiger partial charge in [-0.3, -0.25) is 0 Å². The monoisotopic (exact) mass is 253 g/mol. The van der Waals surface area contributed by atoms with Crippen LogP contribution in [0.4, 0.5) is 6.01 Å². The lowest BCUT2D eigenvalue weighted by Gasteiger charge is -2.02. The van der Waals surface area contributed by atoms with Crippen molar-refractivity contribution in [1.29, 1.82) is 0 Å². The van der Waals surface area contributed by atoms with Crippen LogP contribution in [0.3, 0.4) is 0 Å². The molecule has 2 rings (SSSR count). The Labute approximate surface area is 103 Å². The number of anilines is 1. The van der Waals surface area contributed by atoms with E-state index in [-0.39, 0.29) is 6.04 Å². The van der Waals surface area contributed by atoms with E-state index < -0.39 is 0 Å². The molecule has 0 aliphatic rings. The predicted octanol–water partition coefficient (Wildman–Crippen LogP) is 1.73. The third-order valence-corrected chi connectivity index (χ3v) is 3.27. The molecule has 0 fully saturated rings. The zero-order valence-corrected chi connectivity index (χ0v) is 10.8. The van der Waals surface area contributed by atoms with Gasteiger partial charge >= 0.3 is 6.01 Å². The summed E-state index contributed by atoms with van der Waals surface area (Å²) in [6.45, 7) is 4.54. The summed E-state index contributed by atoms with van der Waals surface area (Å²) in [4.78, 5) is 4.34. The van der Waals surface area contributed by atoms with Crippen LogP contribution in [0.15, 0.2) is 9.80 Å². The largest absolute Gasteiger partial charge is 0.406 e. The molecule has 0 aliphatic heterocycles. The third-order valence-electron chi connectivity index (χ3n) is 2.30. The summed E-state index contributed by atoms with van der Waals surface area (Å²) in [5.41, 5.74) is 1.03. The van der Waals surface area contributed by atoms with Gasteiger partial charge in [-0.15, -0.1) is 16.4 Å². The molecule has 7 heteroatoms. The Hall–Kier alpha value is -1.47. The molecule has 0 aromatic carbocycles. The predicted molar refractivity (Wildman–Crippen MR) is 66.0 cm³/mol. The summed E-state index contributed by atoms with van der Waals surface area (Å²) in [7, 11) is 1.85. The zero-order valence-electron chi connectivity index (χ0n) is 10.0. The lowest BCUT2D eigenvalue weighted by Crippen LogP contribution is -2.12. The van der Waals surface area contributed by atoms with Crippen molar-refractivity contribution in [2.45, 2.75) is 26.4 Å². The fourth-order valence-corrected chi connectivity index (χ4v) is 1.95. The molecule has 1 atom stereocenters. The first-order valence-electron chi connectivity index (χ1n) is 5.34. The lowest BCUT2D eigenvalue weighted by atomic mass is 10.3. The van der Waals surface area contributed by atoms with Crippen molar-refractivity contribution in [1.82, 2.24) is 20.5 Å². The smallest absolute Gasteiger partial charge is 0.315 e. The van der Waals surface area contributed by atoms with Gasteiger partial charge < -0.3 is 15.1 Å². The minimum atomic E-state index is 0.0557. The van der Waals surface area contributed by atoms with E-state index in [0.717, 1.165) is 10.7 Å². The van der Waals surface area contributed by atoms with Crippen LogP contribution in [0.1, 0.15) is 29.6 Å². The first-order chi connectivity index (χ1) is 8.19. The zero-order chi connectivity index (χ0) is 12.3. The molecule has 0 bridgehead atoms. The molecule has 2 aromatic heterocycles. The normalized spacial score (nSPS) is 12.6. The van der Waals surface area contributed by atoms with Crippen LogP contribution >= 0.6 is 11.3 Å². The van der Waals surface area contributed by atoms with Crippen molar-refractivity contribution in [2.24, 2.45) is 0 Å². The highest BCUT2D eigenvalue weighted by molar-refractivity contribution is 7.09. The molecular formula is C10H15N5OS. The van der Waals surface area contributed by atoms with Crippen molar-refractivity contribution >= 4 is 17.4 Å². The Kier molecular flexibility index (Phi) is 3.70. The van der Waals surface area contributed by atoms with Gasteiger partial charge in [0.05, 0.1) is 12.6 Å². The minimum absolute atomic E-state index is 0.0557. The molecular weight excluding hydrogens is 238 g/mol. The molecule has 0 spiro atoms. The molecule has 6 nitrogen and oxygen atoms in total. The van der Waals surface area contributed by atoms with Gasteiger partial charge in [-0.1, -0.05) is 5.10 Å². The quantitative estimate of drug-likeness (QED) is 0.845. The van der Waals surface area contributed by atoms with E-state index in [0.29, 0.717) is 18.5 Å². The number of thiazole rings is 1. The molecule has 0 amide bonds. The topological polar surface area (TPSA) is 75.9 Å². The first-order valence-corrected chi connectivity index (χ1v) is 6.22. The average molecular weight is 253 g/mol. The van der Waals surface area contributed by atoms with E-state index >= 15 is 0 Å². The molecule has 2 N–H and O–H groups in total. The highest BCUT2D eigenvalue weighted by Gasteiger charge is 2.11. The number of hydrogen-bond donors (Lipinski definition) is 2. The van der Waals surface area contributed by atoms with Crippen molar-refractivity contribution in [2.75, 3.05) is 12.4 Å². The highest BCUT2D eigenvalue weighted by atomic mass is 32.1. The summed E-state index contributed by atoms with van der Waals surface area (Å²) in [6.07, 6.45) is 0. The van der Waals surface area contributed by atoms with Gasteiger partial charge in [-0.25, -0.2) is 4.98 Å². The number of rotatable bonds is 5. The van der Waals surface area contributed by atoms with Gasteiger partial charge in [-0.2, -0.15) is 0 Å². The SMILES string of the molecule is CNC(C)c1nnc(NCc2nc(C)cs2)o1. The van der Waals surface area contributed by atoms with Crippen LogP contribution in [-0.2, 0) is 6.54 Å². The molecule has 0 saturated carbocycles. The molecule has 2 aromatic rings. The van der Waals surface area contributed by atoms with Gasteiger partial charge in [0.1, 0.15) is 5.01 Å². The molecule has 0 saturated heterocycles. The third kappa shape index (κ3) is 3.01. The van der Waals surface area contributed by atoms with Gasteiger partial charge in [-0.05, 0) is 20.9 Å². The van der Waals surface area contributed by atoms with Gasteiger partial charge in [0, 0.05) is 11.1 Å². The summed E-state index contributed by atoms with van der Waals surface area (Å²) in [5, 5.41) is 17.0. The highest BCUT2D eigenvalue weighted by Crippen LogP contribution is 2.15. The second-order valence-corrected chi connectivity index (χ2v) is 4.63. The fraction of sp³-hybridized carbons (Fsp3) is 0.500. The number of aromatic nitrogens is 3. The standard InChI is InChI=1S/C10H15N5OS/c1-6-5-17-8(13-6)4-12-10-15-14-9(16-10)7(2)11-3/h5,7,11H,4H2,1-3H3,(H,12,15). The van der Waals surface area contributed by atoms with Crippen molar-refractivity contribution < 1.29 is 4.42 Å². The summed E-state index contributed by atoms with van der Waals surface area (Å²) >= 11 is 1.61. The van der Waals surface area contributed by atoms with Crippen LogP contribution in [0, 0.1) is 6.92 Å². The van der Waals surface area contributed by atoms with E-state index in [1.165, 1.54) is 0 Å². The molecule has 0 radical (unpaired) electrons. The van der Waals surface area contributed by atoms with Gasteiger partial charge in [0.15, 0.2) is 0 Å². The summed E-state index contributed by atoms with van der Waals surface area (Å²) in [5.74, 6) is 0.574. The van der Waals surface area contributed by atoms with Crippen molar-refractivity contribution in [3.8, 4) is 0 Å². The molecule has 1 unspecified atom stereocenters. The molecule has 0 aliphatic carbocycles. The Morgan fingerprint density at radius 3 is 2.94 bits per heavy atom. The van der Waals surface area contributed by atoms with Crippen LogP contribution < -0.4 is 10.6 Å². The number of aryl methyl sites for hydroxylation is 1. The van der Waals surface area contributed by atoms with Gasteiger partial charge in [0.2, 0.25) is 5.89 Å². The van der Waals surface area contributed by atoms with Crippen molar-refractivity contribution in [3.05, 3.63) is 22.0 Å². The van der Waals surface area contributed by atoms with E-state index in [9.17, 15) is 0 Å². The summed E-state index contributed by atoms with van der Waals surface area (Å²) in [6, 6.07) is 0.482. The number of nitrogens with zero attached hydrogens (tertiary/aromatic N) is 3. The Morgan fingerprint density at radius 2 is 2.29 bits per heavy atom. The van der Waals surface area contributed by atoms with Crippen molar-refractivity contribution in [3.63, 3.8) is 0 Å².